The zero-order valence-electron chi connectivity index (χ0n) is 27.0. The molecule has 4 saturated carbocycles. The summed E-state index contributed by atoms with van der Waals surface area (Å²) in [5, 5.41) is 0. The van der Waals surface area contributed by atoms with Gasteiger partial charge in [-0.3, -0.25) is 4.79 Å². The number of Topliss-reactive ketones (excluding diaryl/α,β-unsaturated/α-hetero) is 1. The van der Waals surface area contributed by atoms with Gasteiger partial charge in [0, 0.05) is 5.41 Å². The first-order valence-corrected chi connectivity index (χ1v) is 16.2. The highest BCUT2D eigenvalue weighted by Gasteiger charge is 2.69. The summed E-state index contributed by atoms with van der Waals surface area (Å²) in [4.78, 5) is 13.9. The van der Waals surface area contributed by atoms with Gasteiger partial charge in [-0.25, -0.2) is 0 Å². The van der Waals surface area contributed by atoms with E-state index in [1.165, 1.54) is 49.8 Å². The van der Waals surface area contributed by atoms with Gasteiger partial charge in [0.2, 0.25) is 0 Å². The summed E-state index contributed by atoms with van der Waals surface area (Å²) < 4.78 is 39.5. The average molecular weight is 581 g/mol. The number of ketones is 1. The molecule has 0 heterocycles. The molecule has 0 bridgehead atoms. The monoisotopic (exact) mass is 580 g/mol. The van der Waals surface area contributed by atoms with Crippen molar-refractivity contribution in [2.24, 2.45) is 45.3 Å². The Labute approximate surface area is 252 Å². The molecule has 0 saturated heterocycles. The molecule has 1 nitrogen and oxygen atoms in total. The minimum atomic E-state index is -4.37. The Balaban J connectivity index is 1.47. The van der Waals surface area contributed by atoms with E-state index < -0.39 is 17.2 Å². The first-order valence-electron chi connectivity index (χ1n) is 16.2. The van der Waals surface area contributed by atoms with Crippen molar-refractivity contribution in [3.05, 3.63) is 64.3 Å². The van der Waals surface area contributed by atoms with Gasteiger partial charge < -0.3 is 0 Å². The summed E-state index contributed by atoms with van der Waals surface area (Å²) in [5.41, 5.74) is 3.69. The first kappa shape index (κ1) is 31.3. The molecule has 0 aliphatic heterocycles. The van der Waals surface area contributed by atoms with Gasteiger partial charge >= 0.3 is 6.18 Å². The van der Waals surface area contributed by atoms with Crippen LogP contribution in [0.1, 0.15) is 118 Å². The number of hydrogen-bond acceptors (Lipinski definition) is 1. The molecule has 4 heteroatoms. The van der Waals surface area contributed by atoms with Gasteiger partial charge in [-0.05, 0) is 141 Å². The van der Waals surface area contributed by atoms with Crippen LogP contribution < -0.4 is 0 Å². The zero-order chi connectivity index (χ0) is 30.9. The first-order chi connectivity index (χ1) is 19.4. The summed E-state index contributed by atoms with van der Waals surface area (Å²) >= 11 is 0. The lowest BCUT2D eigenvalue weighted by Gasteiger charge is -2.69. The third kappa shape index (κ3) is 4.87. The maximum absolute atomic E-state index is 13.9. The normalized spacial score (nSPS) is 39.0. The molecule has 0 spiro atoms. The number of allylic oxidation sites excluding steroid dienone is 5. The van der Waals surface area contributed by atoms with E-state index in [-0.39, 0.29) is 22.0 Å². The summed E-state index contributed by atoms with van der Waals surface area (Å²) in [5.74, 6) is 2.35. The predicted octanol–water partition coefficient (Wildman–Crippen LogP) is 11.3. The van der Waals surface area contributed by atoms with Crippen molar-refractivity contribution in [2.45, 2.75) is 113 Å². The fraction of sp³-hybridized carbons (Fsp3) is 0.658. The van der Waals surface area contributed by atoms with Crippen molar-refractivity contribution >= 4 is 11.9 Å². The lowest BCUT2D eigenvalue weighted by molar-refractivity contribution is -0.195. The van der Waals surface area contributed by atoms with Crippen molar-refractivity contribution < 1.29 is 18.0 Å². The van der Waals surface area contributed by atoms with Crippen molar-refractivity contribution in [1.82, 2.24) is 0 Å². The Hall–Kier alpha value is -2.10. The summed E-state index contributed by atoms with van der Waals surface area (Å²) in [7, 11) is 0. The lowest BCUT2D eigenvalue weighted by Crippen LogP contribution is -2.63. The van der Waals surface area contributed by atoms with E-state index >= 15 is 0 Å². The largest absolute Gasteiger partial charge is 0.416 e. The van der Waals surface area contributed by atoms with E-state index in [4.69, 9.17) is 0 Å². The Bertz CT molecular complexity index is 1310. The number of halogens is 3. The van der Waals surface area contributed by atoms with Crippen LogP contribution in [0.2, 0.25) is 0 Å². The van der Waals surface area contributed by atoms with Gasteiger partial charge in [0.05, 0.1) is 5.56 Å². The lowest BCUT2D eigenvalue weighted by atomic mass is 9.35. The molecule has 1 aromatic rings. The third-order valence-electron chi connectivity index (χ3n) is 13.1. The number of benzene rings is 1. The van der Waals surface area contributed by atoms with Crippen LogP contribution in [0.3, 0.4) is 0 Å². The zero-order valence-corrected chi connectivity index (χ0v) is 27.0. The van der Waals surface area contributed by atoms with Crippen molar-refractivity contribution in [1.29, 1.82) is 0 Å². The molecule has 0 unspecified atom stereocenters. The smallest absolute Gasteiger partial charge is 0.294 e. The molecular formula is C38H51F3O. The van der Waals surface area contributed by atoms with Gasteiger partial charge in [0.15, 0.2) is 5.78 Å². The molecule has 4 aliphatic carbocycles. The molecule has 1 aromatic carbocycles. The van der Waals surface area contributed by atoms with E-state index in [0.717, 1.165) is 30.5 Å². The maximum atomic E-state index is 13.9. The van der Waals surface area contributed by atoms with Gasteiger partial charge in [-0.1, -0.05) is 70.0 Å². The van der Waals surface area contributed by atoms with Crippen LogP contribution in [0.4, 0.5) is 13.2 Å². The highest BCUT2D eigenvalue weighted by atomic mass is 19.4. The van der Waals surface area contributed by atoms with Crippen LogP contribution in [0.15, 0.2) is 53.1 Å². The molecule has 4 aliphatic rings. The van der Waals surface area contributed by atoms with Crippen LogP contribution in [-0.4, -0.2) is 5.78 Å². The second-order valence-corrected chi connectivity index (χ2v) is 15.8. The van der Waals surface area contributed by atoms with Gasteiger partial charge in [-0.2, -0.15) is 13.2 Å². The van der Waals surface area contributed by atoms with Crippen LogP contribution in [0.5, 0.6) is 0 Å². The van der Waals surface area contributed by atoms with Crippen LogP contribution >= 0.6 is 0 Å². The topological polar surface area (TPSA) is 17.1 Å². The van der Waals surface area contributed by atoms with E-state index in [2.05, 4.69) is 67.5 Å². The molecule has 42 heavy (non-hydrogen) atoms. The second-order valence-electron chi connectivity index (χ2n) is 15.8. The quantitative estimate of drug-likeness (QED) is 0.256. The number of fused-ring (bicyclic) bond motifs is 5. The van der Waals surface area contributed by atoms with Gasteiger partial charge in [-0.15, -0.1) is 0 Å². The van der Waals surface area contributed by atoms with Crippen LogP contribution in [-0.2, 0) is 11.0 Å². The third-order valence-corrected chi connectivity index (χ3v) is 13.1. The predicted molar refractivity (Wildman–Crippen MR) is 167 cm³/mol. The molecule has 4 fully saturated rings. The molecule has 230 valence electrons. The van der Waals surface area contributed by atoms with E-state index in [1.807, 2.05) is 6.08 Å². The summed E-state index contributed by atoms with van der Waals surface area (Å²) in [6.07, 6.45) is 11.2. The average Bonchev–Trinajstić information content (AvgIpc) is 3.25. The fourth-order valence-electron chi connectivity index (χ4n) is 10.9. The Morgan fingerprint density at radius 3 is 2.12 bits per heavy atom. The van der Waals surface area contributed by atoms with Crippen molar-refractivity contribution in [3.63, 3.8) is 0 Å². The number of carbonyl (C=O) groups excluding carboxylic acids is 1. The van der Waals surface area contributed by atoms with Gasteiger partial charge in [0.25, 0.3) is 0 Å². The molecule has 7 atom stereocenters. The Morgan fingerprint density at radius 1 is 0.857 bits per heavy atom. The van der Waals surface area contributed by atoms with Gasteiger partial charge in [0.1, 0.15) is 0 Å². The molecular weight excluding hydrogens is 529 g/mol. The Kier molecular flexibility index (Phi) is 7.84. The number of carbonyl (C=O) groups is 1. The number of rotatable bonds is 4. The van der Waals surface area contributed by atoms with Crippen molar-refractivity contribution in [3.8, 4) is 0 Å². The van der Waals surface area contributed by atoms with E-state index in [0.29, 0.717) is 35.7 Å². The standard InChI is InChI=1S/C38H51F3O/c1-24(2)10-9-11-25(3)29-18-20-36(7)30(29)16-17-32-35(6)23-27(22-26-12-14-28(15-13-26)38(39,40)41)33(42)34(4,5)31(35)19-21-37(32,36)8/h10-15,22,29-32H,9,16-21,23H2,1-8H3/b25-11-,27-22-/t29-,30-,31+,32-,35+,36-,37-/m1/s1. The SMILES string of the molecule is CC(C)=CC/C=C(/C)[C@H]1CC[C@]2(C)[C@@H]1CC[C@@H]1[C@@]3(C)C/C(=C/c4ccc(C(F)(F)F)cc4)C(=O)C(C)(C)[C@@H]3CC[C@]12C. The number of alkyl halides is 3. The summed E-state index contributed by atoms with van der Waals surface area (Å²) in [6, 6.07) is 5.27. The minimum Gasteiger partial charge on any atom is -0.294 e. The second kappa shape index (κ2) is 10.5. The van der Waals surface area contributed by atoms with E-state index in [1.54, 1.807) is 5.57 Å². The van der Waals surface area contributed by atoms with Crippen LogP contribution in [0.25, 0.3) is 6.08 Å². The molecule has 0 aromatic heterocycles. The molecule has 0 radical (unpaired) electrons. The molecule has 0 N–H and O–H groups in total. The van der Waals surface area contributed by atoms with Crippen LogP contribution in [0, 0.1) is 45.3 Å². The molecule has 0 amide bonds. The minimum absolute atomic E-state index is 0.0252. The molecule has 5 rings (SSSR count). The van der Waals surface area contributed by atoms with Crippen molar-refractivity contribution in [2.75, 3.05) is 0 Å². The summed E-state index contributed by atoms with van der Waals surface area (Å²) in [6.45, 7) is 18.6. The highest BCUT2D eigenvalue weighted by molar-refractivity contribution is 6.04. The number of hydrogen-bond donors (Lipinski definition) is 0. The maximum Gasteiger partial charge on any atom is 0.416 e. The fourth-order valence-corrected chi connectivity index (χ4v) is 10.9. The highest BCUT2D eigenvalue weighted by Crippen LogP contribution is 2.75. The van der Waals surface area contributed by atoms with E-state index in [9.17, 15) is 18.0 Å². The Morgan fingerprint density at radius 2 is 1.50 bits per heavy atom.